The van der Waals surface area contributed by atoms with Gasteiger partial charge in [0.1, 0.15) is 0 Å². The Hall–Kier alpha value is -3.40. The summed E-state index contributed by atoms with van der Waals surface area (Å²) in [7, 11) is 0. The lowest BCUT2D eigenvalue weighted by Gasteiger charge is -2.12. The fraction of sp³-hybridized carbons (Fsp3) is 0.158. The Bertz CT molecular complexity index is 1130. The third-order valence-corrected chi connectivity index (χ3v) is 4.39. The minimum absolute atomic E-state index is 0.0152. The Balaban J connectivity index is 1.79. The first-order valence-corrected chi connectivity index (χ1v) is 8.76. The van der Waals surface area contributed by atoms with Gasteiger partial charge in [-0.3, -0.25) is 4.79 Å². The van der Waals surface area contributed by atoms with E-state index in [1.54, 1.807) is 19.1 Å². The van der Waals surface area contributed by atoms with E-state index in [2.05, 4.69) is 19.9 Å². The van der Waals surface area contributed by atoms with E-state index in [0.29, 0.717) is 16.8 Å². The van der Waals surface area contributed by atoms with Crippen molar-refractivity contribution in [2.24, 2.45) is 0 Å². The highest BCUT2D eigenvalue weighted by atomic mass is 35.5. The number of nitrogens with zero attached hydrogens (tertiary/aromatic N) is 2. The van der Waals surface area contributed by atoms with Crippen LogP contribution >= 0.6 is 11.6 Å². The lowest BCUT2D eigenvalue weighted by atomic mass is 10.0. The molecule has 0 saturated heterocycles. The van der Waals surface area contributed by atoms with Crippen molar-refractivity contribution in [3.05, 3.63) is 75.5 Å². The molecule has 2 aromatic carbocycles. The number of rotatable bonds is 5. The highest BCUT2D eigenvalue weighted by Crippen LogP contribution is 2.28. The Kier molecular flexibility index (Phi) is 5.79. The van der Waals surface area contributed by atoms with Crippen LogP contribution in [0.2, 0.25) is 5.02 Å². The molecule has 1 heterocycles. The summed E-state index contributed by atoms with van der Waals surface area (Å²) in [6, 6.07) is 8.80. The molecular formula is C19H13ClF3N3O4. The Morgan fingerprint density at radius 2 is 1.93 bits per heavy atom. The monoisotopic (exact) mass is 439 g/mol. The van der Waals surface area contributed by atoms with Crippen LogP contribution in [-0.4, -0.2) is 27.2 Å². The number of carbonyl (C=O) groups excluding carboxylic acids is 1. The topological polar surface area (TPSA) is 105 Å². The zero-order valence-electron chi connectivity index (χ0n) is 15.2. The van der Waals surface area contributed by atoms with Gasteiger partial charge in [-0.05, 0) is 36.2 Å². The van der Waals surface area contributed by atoms with E-state index in [0.717, 1.165) is 0 Å². The largest absolute Gasteiger partial charge is 0.478 e. The zero-order valence-corrected chi connectivity index (χ0v) is 16.0. The Morgan fingerprint density at radius 3 is 2.53 bits per heavy atom. The van der Waals surface area contributed by atoms with Gasteiger partial charge in [0.05, 0.1) is 22.6 Å². The maximum atomic E-state index is 12.6. The summed E-state index contributed by atoms with van der Waals surface area (Å²) in [6.45, 7) is 1.67. The van der Waals surface area contributed by atoms with Gasteiger partial charge in [-0.1, -0.05) is 29.8 Å². The van der Waals surface area contributed by atoms with Crippen molar-refractivity contribution in [1.82, 2.24) is 10.2 Å². The van der Waals surface area contributed by atoms with Crippen molar-refractivity contribution < 1.29 is 32.3 Å². The molecule has 3 aromatic rings. The van der Waals surface area contributed by atoms with Crippen molar-refractivity contribution in [2.75, 3.05) is 5.32 Å². The number of carboxylic acid groups (broad SMARTS) is 1. The van der Waals surface area contributed by atoms with E-state index in [9.17, 15) is 27.9 Å². The molecule has 30 heavy (non-hydrogen) atoms. The minimum Gasteiger partial charge on any atom is -0.478 e. The number of amides is 1. The second-order valence-electron chi connectivity index (χ2n) is 6.25. The molecular weight excluding hydrogens is 427 g/mol. The van der Waals surface area contributed by atoms with Crippen LogP contribution in [0.15, 0.2) is 40.8 Å². The average Bonchev–Trinajstić information content (AvgIpc) is 3.12. The quantitative estimate of drug-likeness (QED) is 0.602. The van der Waals surface area contributed by atoms with Gasteiger partial charge in [0.2, 0.25) is 5.89 Å². The van der Waals surface area contributed by atoms with Crippen molar-refractivity contribution in [1.29, 1.82) is 0 Å². The van der Waals surface area contributed by atoms with Gasteiger partial charge in [-0.15, -0.1) is 10.2 Å². The van der Waals surface area contributed by atoms with Crippen LogP contribution in [0.3, 0.4) is 0 Å². The van der Waals surface area contributed by atoms with Crippen molar-refractivity contribution in [2.45, 2.75) is 19.5 Å². The summed E-state index contributed by atoms with van der Waals surface area (Å²) in [5.74, 6) is -3.64. The minimum atomic E-state index is -4.72. The van der Waals surface area contributed by atoms with Gasteiger partial charge < -0.3 is 14.8 Å². The van der Waals surface area contributed by atoms with Gasteiger partial charge in [0.15, 0.2) is 0 Å². The molecule has 156 valence electrons. The van der Waals surface area contributed by atoms with E-state index in [4.69, 9.17) is 11.6 Å². The number of hydrogen-bond acceptors (Lipinski definition) is 5. The third kappa shape index (κ3) is 4.60. The summed E-state index contributed by atoms with van der Waals surface area (Å²) in [6.07, 6.45) is -4.76. The summed E-state index contributed by atoms with van der Waals surface area (Å²) in [5.41, 5.74) is 1.11. The number of carbonyl (C=O) groups is 2. The molecule has 0 bridgehead atoms. The molecule has 7 nitrogen and oxygen atoms in total. The number of carboxylic acids is 1. The van der Waals surface area contributed by atoms with E-state index < -0.39 is 23.9 Å². The van der Waals surface area contributed by atoms with Gasteiger partial charge in [-0.25, -0.2) is 4.79 Å². The molecule has 0 saturated carbocycles. The lowest BCUT2D eigenvalue weighted by molar-refractivity contribution is -0.157. The van der Waals surface area contributed by atoms with E-state index in [-0.39, 0.29) is 28.5 Å². The molecule has 0 radical (unpaired) electrons. The van der Waals surface area contributed by atoms with Crippen LogP contribution in [0.5, 0.6) is 0 Å². The number of aryl methyl sites for hydroxylation is 1. The summed E-state index contributed by atoms with van der Waals surface area (Å²) < 4.78 is 42.2. The van der Waals surface area contributed by atoms with E-state index in [1.807, 2.05) is 0 Å². The predicted molar refractivity (Wildman–Crippen MR) is 99.6 cm³/mol. The van der Waals surface area contributed by atoms with Crippen molar-refractivity contribution in [3.8, 4) is 0 Å². The molecule has 0 aliphatic heterocycles. The van der Waals surface area contributed by atoms with Crippen molar-refractivity contribution >= 4 is 29.2 Å². The van der Waals surface area contributed by atoms with Crippen LogP contribution in [0, 0.1) is 6.92 Å². The molecule has 2 N–H and O–H groups in total. The number of halogens is 4. The highest BCUT2D eigenvalue weighted by molar-refractivity contribution is 6.35. The van der Waals surface area contributed by atoms with Crippen LogP contribution in [0.25, 0.3) is 0 Å². The van der Waals surface area contributed by atoms with E-state index >= 15 is 0 Å². The fourth-order valence-corrected chi connectivity index (χ4v) is 2.97. The first kappa shape index (κ1) is 21.3. The second kappa shape index (κ2) is 8.15. The van der Waals surface area contributed by atoms with Gasteiger partial charge in [0, 0.05) is 5.69 Å². The van der Waals surface area contributed by atoms with Crippen LogP contribution < -0.4 is 5.32 Å². The number of aromatic carboxylic acids is 1. The van der Waals surface area contributed by atoms with Crippen LogP contribution in [0.4, 0.5) is 18.9 Å². The summed E-state index contributed by atoms with van der Waals surface area (Å²) in [4.78, 5) is 23.9. The van der Waals surface area contributed by atoms with Crippen LogP contribution in [0.1, 0.15) is 43.6 Å². The zero-order chi connectivity index (χ0) is 22.1. The number of nitrogens with one attached hydrogen (secondary N) is 1. The summed E-state index contributed by atoms with van der Waals surface area (Å²) >= 11 is 6.00. The Morgan fingerprint density at radius 1 is 1.20 bits per heavy atom. The lowest BCUT2D eigenvalue weighted by Crippen LogP contribution is -2.17. The molecule has 3 rings (SSSR count). The van der Waals surface area contributed by atoms with Gasteiger partial charge in [0.25, 0.3) is 5.91 Å². The number of anilines is 1. The number of benzene rings is 2. The average molecular weight is 440 g/mol. The maximum absolute atomic E-state index is 12.6. The molecule has 0 spiro atoms. The maximum Gasteiger partial charge on any atom is 0.470 e. The molecule has 1 aromatic heterocycles. The first-order chi connectivity index (χ1) is 14.1. The third-order valence-electron chi connectivity index (χ3n) is 4.07. The standard InChI is InChI=1S/C19H13ClF3N3O4/c1-9-7-10(8-14-25-26-18(30-14)19(21,22)23)5-6-13(9)24-16(27)15-11(17(28)29)3-2-4-12(15)20/h2-7H,8H2,1H3,(H,24,27)(H,28,29). The first-order valence-electron chi connectivity index (χ1n) is 8.38. The molecule has 0 fully saturated rings. The van der Waals surface area contributed by atoms with Gasteiger partial charge in [-0.2, -0.15) is 13.2 Å². The van der Waals surface area contributed by atoms with Crippen molar-refractivity contribution in [3.63, 3.8) is 0 Å². The molecule has 11 heteroatoms. The molecule has 0 aliphatic carbocycles. The highest BCUT2D eigenvalue weighted by Gasteiger charge is 2.38. The normalized spacial score (nSPS) is 11.4. The SMILES string of the molecule is Cc1cc(Cc2nnc(C(F)(F)F)o2)ccc1NC(=O)c1c(Cl)cccc1C(=O)O. The Labute approximate surface area is 172 Å². The molecule has 0 atom stereocenters. The number of aromatic nitrogens is 2. The van der Waals surface area contributed by atoms with Gasteiger partial charge >= 0.3 is 18.0 Å². The summed E-state index contributed by atoms with van der Waals surface area (Å²) in [5, 5.41) is 18.2. The van der Waals surface area contributed by atoms with Crippen LogP contribution in [-0.2, 0) is 12.6 Å². The fourth-order valence-electron chi connectivity index (χ4n) is 2.71. The molecule has 0 aliphatic rings. The molecule has 0 unspecified atom stereocenters. The smallest absolute Gasteiger partial charge is 0.470 e. The number of hydrogen-bond donors (Lipinski definition) is 2. The predicted octanol–water partition coefficient (Wildman–Crippen LogP) is 4.59. The number of alkyl halides is 3. The van der Waals surface area contributed by atoms with E-state index in [1.165, 1.54) is 24.3 Å². The second-order valence-corrected chi connectivity index (χ2v) is 6.65. The molecule has 1 amide bonds.